The number of fused-ring (bicyclic) bond motifs is 1. The van der Waals surface area contributed by atoms with Crippen molar-refractivity contribution < 1.29 is 13.2 Å². The molecule has 0 aliphatic heterocycles. The second-order valence-electron chi connectivity index (χ2n) is 6.09. The molecule has 26 heavy (non-hydrogen) atoms. The number of rotatable bonds is 3. The number of alkyl halides is 3. The van der Waals surface area contributed by atoms with E-state index in [-0.39, 0.29) is 5.69 Å². The van der Waals surface area contributed by atoms with Crippen molar-refractivity contribution in [1.82, 2.24) is 18.4 Å². The zero-order chi connectivity index (χ0) is 19.2. The summed E-state index contributed by atoms with van der Waals surface area (Å²) in [5.41, 5.74) is -2.39. The molecule has 0 N–H and O–H groups in total. The van der Waals surface area contributed by atoms with Gasteiger partial charge < -0.3 is 4.90 Å². The molecule has 138 valence electrons. The van der Waals surface area contributed by atoms with Crippen LogP contribution in [0.25, 0.3) is 15.8 Å². The van der Waals surface area contributed by atoms with Crippen LogP contribution in [0.4, 0.5) is 13.2 Å². The van der Waals surface area contributed by atoms with E-state index in [0.29, 0.717) is 17.2 Å². The second-order valence-corrected chi connectivity index (χ2v) is 6.90. The van der Waals surface area contributed by atoms with Crippen LogP contribution >= 0.6 is 11.5 Å². The molecule has 0 atom stereocenters. The van der Waals surface area contributed by atoms with Gasteiger partial charge in [0, 0.05) is 25.0 Å². The third kappa shape index (κ3) is 3.17. The highest BCUT2D eigenvalue weighted by Gasteiger charge is 2.35. The highest BCUT2D eigenvalue weighted by molar-refractivity contribution is 7.13. The van der Waals surface area contributed by atoms with E-state index in [9.17, 15) is 22.8 Å². The van der Waals surface area contributed by atoms with Crippen molar-refractivity contribution in [2.45, 2.75) is 12.7 Å². The summed E-state index contributed by atoms with van der Waals surface area (Å²) in [5, 5.41) is 0.759. The maximum Gasteiger partial charge on any atom is 0.431 e. The Morgan fingerprint density at radius 1 is 1.19 bits per heavy atom. The van der Waals surface area contributed by atoms with Crippen LogP contribution in [-0.4, -0.2) is 32.5 Å². The summed E-state index contributed by atoms with van der Waals surface area (Å²) in [6.45, 7) is 0.559. The third-order valence-corrected chi connectivity index (χ3v) is 4.73. The van der Waals surface area contributed by atoms with Crippen LogP contribution in [0.3, 0.4) is 0 Å². The number of hydrogen-bond acceptors (Lipinski definition) is 5. The molecule has 0 fully saturated rings. The maximum absolute atomic E-state index is 13.0. The van der Waals surface area contributed by atoms with E-state index in [1.807, 2.05) is 19.0 Å². The number of nitrogens with zero attached hydrogens (tertiary/aromatic N) is 4. The van der Waals surface area contributed by atoms with E-state index in [4.69, 9.17) is 0 Å². The number of halogens is 3. The molecule has 3 aromatic rings. The van der Waals surface area contributed by atoms with Crippen LogP contribution < -0.4 is 11.2 Å². The molecular formula is C16H15F3N4O2S. The third-order valence-electron chi connectivity index (χ3n) is 3.86. The van der Waals surface area contributed by atoms with E-state index in [1.165, 1.54) is 17.6 Å². The lowest BCUT2D eigenvalue weighted by Crippen LogP contribution is -2.40. The molecule has 0 amide bonds. The maximum atomic E-state index is 13.0. The van der Waals surface area contributed by atoms with Crippen molar-refractivity contribution in [2.75, 3.05) is 14.1 Å². The molecule has 6 nitrogen and oxygen atoms in total. The molecular weight excluding hydrogens is 369 g/mol. The molecule has 3 rings (SSSR count). The lowest BCUT2D eigenvalue weighted by Gasteiger charge is -2.14. The molecule has 10 heteroatoms. The molecule has 2 aromatic heterocycles. The van der Waals surface area contributed by atoms with Crippen LogP contribution in [0.2, 0.25) is 0 Å². The zero-order valence-electron chi connectivity index (χ0n) is 14.2. The first kappa shape index (κ1) is 18.3. The van der Waals surface area contributed by atoms with Gasteiger partial charge in [-0.3, -0.25) is 9.36 Å². The minimum absolute atomic E-state index is 0.206. The fourth-order valence-electron chi connectivity index (χ4n) is 2.66. The Kier molecular flexibility index (Phi) is 4.49. The minimum Gasteiger partial charge on any atom is -0.304 e. The van der Waals surface area contributed by atoms with Gasteiger partial charge in [-0.05, 0) is 43.8 Å². The molecule has 0 spiro atoms. The summed E-state index contributed by atoms with van der Waals surface area (Å²) in [7, 11) is 4.75. The van der Waals surface area contributed by atoms with Crippen LogP contribution in [0.15, 0.2) is 33.9 Å². The van der Waals surface area contributed by atoms with Crippen molar-refractivity contribution in [3.8, 4) is 5.69 Å². The summed E-state index contributed by atoms with van der Waals surface area (Å²) < 4.78 is 45.3. The SMILES string of the molecule is CN(C)Cc1nsc2ccc(-n3c(=O)cc(C(F)(F)F)n(C)c3=O)cc12. The molecule has 1 aromatic carbocycles. The summed E-state index contributed by atoms with van der Waals surface area (Å²) in [6.07, 6.45) is -4.79. The Morgan fingerprint density at radius 3 is 2.50 bits per heavy atom. The molecule has 0 aliphatic carbocycles. The topological polar surface area (TPSA) is 60.1 Å². The van der Waals surface area contributed by atoms with Crippen molar-refractivity contribution in [3.05, 3.63) is 56.5 Å². The average molecular weight is 384 g/mol. The van der Waals surface area contributed by atoms with E-state index in [0.717, 1.165) is 27.4 Å². The van der Waals surface area contributed by atoms with Crippen molar-refractivity contribution in [2.24, 2.45) is 7.05 Å². The first-order valence-electron chi connectivity index (χ1n) is 7.53. The molecule has 0 saturated heterocycles. The first-order valence-corrected chi connectivity index (χ1v) is 8.30. The van der Waals surface area contributed by atoms with Gasteiger partial charge in [-0.25, -0.2) is 9.36 Å². The Bertz CT molecular complexity index is 1100. The first-order chi connectivity index (χ1) is 12.1. The Hall–Kier alpha value is -2.46. The van der Waals surface area contributed by atoms with E-state index < -0.39 is 23.1 Å². The molecule has 0 aliphatic rings. The van der Waals surface area contributed by atoms with Crippen molar-refractivity contribution in [3.63, 3.8) is 0 Å². The van der Waals surface area contributed by atoms with Crippen LogP contribution in [-0.2, 0) is 19.8 Å². The summed E-state index contributed by atoms with van der Waals surface area (Å²) in [6, 6.07) is 5.26. The van der Waals surface area contributed by atoms with E-state index >= 15 is 0 Å². The van der Waals surface area contributed by atoms with Crippen LogP contribution in [0, 0.1) is 0 Å². The number of aromatic nitrogens is 3. The van der Waals surface area contributed by atoms with E-state index in [2.05, 4.69) is 4.37 Å². The molecule has 0 bridgehead atoms. The molecule has 0 unspecified atom stereocenters. The largest absolute Gasteiger partial charge is 0.431 e. The predicted molar refractivity (Wildman–Crippen MR) is 92.9 cm³/mol. The quantitative estimate of drug-likeness (QED) is 0.695. The van der Waals surface area contributed by atoms with E-state index in [1.54, 1.807) is 12.1 Å². The van der Waals surface area contributed by atoms with Crippen LogP contribution in [0.1, 0.15) is 11.4 Å². The lowest BCUT2D eigenvalue weighted by molar-refractivity contribution is -0.144. The number of hydrogen-bond donors (Lipinski definition) is 0. The van der Waals surface area contributed by atoms with Gasteiger partial charge in [0.1, 0.15) is 5.69 Å². The summed E-state index contributed by atoms with van der Waals surface area (Å²) >= 11 is 1.28. The van der Waals surface area contributed by atoms with Gasteiger partial charge in [0.15, 0.2) is 0 Å². The fourth-order valence-corrected chi connectivity index (χ4v) is 3.43. The lowest BCUT2D eigenvalue weighted by atomic mass is 10.2. The normalized spacial score (nSPS) is 12.3. The smallest absolute Gasteiger partial charge is 0.304 e. The van der Waals surface area contributed by atoms with Gasteiger partial charge >= 0.3 is 11.9 Å². The van der Waals surface area contributed by atoms with Crippen LogP contribution in [0.5, 0.6) is 0 Å². The Balaban J connectivity index is 2.23. The van der Waals surface area contributed by atoms with Gasteiger partial charge in [-0.2, -0.15) is 17.5 Å². The van der Waals surface area contributed by atoms with Crippen molar-refractivity contribution >= 4 is 21.6 Å². The highest BCUT2D eigenvalue weighted by atomic mass is 32.1. The Morgan fingerprint density at radius 2 is 1.88 bits per heavy atom. The van der Waals surface area contributed by atoms with Gasteiger partial charge in [0.25, 0.3) is 5.56 Å². The summed E-state index contributed by atoms with van der Waals surface area (Å²) in [5.74, 6) is 0. The monoisotopic (exact) mass is 384 g/mol. The van der Waals surface area contributed by atoms with Crippen molar-refractivity contribution in [1.29, 1.82) is 0 Å². The zero-order valence-corrected chi connectivity index (χ0v) is 15.0. The fraction of sp³-hybridized carbons (Fsp3) is 0.312. The molecule has 0 saturated carbocycles. The standard InChI is InChI=1S/C16H15F3N4O2S/c1-21(2)8-11-10-6-9(4-5-12(10)26-20-11)23-14(24)7-13(16(17,18)19)22(3)15(23)25/h4-7H,8H2,1-3H3. The minimum atomic E-state index is -4.79. The Labute approximate surface area is 149 Å². The average Bonchev–Trinajstić information content (AvgIpc) is 2.92. The molecule has 0 radical (unpaired) electrons. The summed E-state index contributed by atoms with van der Waals surface area (Å²) in [4.78, 5) is 26.5. The van der Waals surface area contributed by atoms with Gasteiger partial charge in [-0.15, -0.1) is 0 Å². The number of benzene rings is 1. The van der Waals surface area contributed by atoms with Gasteiger partial charge in [0.05, 0.1) is 16.1 Å². The van der Waals surface area contributed by atoms with Gasteiger partial charge in [0.2, 0.25) is 0 Å². The van der Waals surface area contributed by atoms with Gasteiger partial charge in [-0.1, -0.05) is 0 Å². The second kappa shape index (κ2) is 6.36. The highest BCUT2D eigenvalue weighted by Crippen LogP contribution is 2.28. The predicted octanol–water partition coefficient (Wildman–Crippen LogP) is 2.23. The molecule has 2 heterocycles.